The van der Waals surface area contributed by atoms with E-state index in [1.54, 1.807) is 16.7 Å². The van der Waals surface area contributed by atoms with Gasteiger partial charge in [0.25, 0.3) is 0 Å². The first kappa shape index (κ1) is 23.8. The normalized spacial score (nSPS) is 32.9. The van der Waals surface area contributed by atoms with Crippen molar-refractivity contribution in [2.75, 3.05) is 0 Å². The summed E-state index contributed by atoms with van der Waals surface area (Å²) in [6.45, 7) is 18.6. The quantitative estimate of drug-likeness (QED) is 0.367. The van der Waals surface area contributed by atoms with E-state index in [1.807, 2.05) is 0 Å². The number of fused-ring (bicyclic) bond motifs is 5. The predicted octanol–water partition coefficient (Wildman–Crippen LogP) is 9.68. The Labute approximate surface area is 225 Å². The minimum Gasteiger partial charge on any atom is -0.0989 e. The molecule has 3 atom stereocenters. The molecular formula is C37H44. The second kappa shape index (κ2) is 8.33. The van der Waals surface area contributed by atoms with E-state index in [0.717, 1.165) is 30.6 Å². The molecule has 0 heterocycles. The summed E-state index contributed by atoms with van der Waals surface area (Å²) in [7, 11) is 0. The van der Waals surface area contributed by atoms with Crippen LogP contribution in [0.1, 0.15) is 80.2 Å². The first-order valence-corrected chi connectivity index (χ1v) is 15.0. The Morgan fingerprint density at radius 3 is 2.30 bits per heavy atom. The number of aryl methyl sites for hydroxylation is 2. The van der Waals surface area contributed by atoms with Gasteiger partial charge in [0.05, 0.1) is 0 Å². The summed E-state index contributed by atoms with van der Waals surface area (Å²) in [6.07, 6.45) is 13.3. The van der Waals surface area contributed by atoms with Gasteiger partial charge in [-0.15, -0.1) is 0 Å². The largest absolute Gasteiger partial charge is 0.0989 e. The predicted molar refractivity (Wildman–Crippen MR) is 157 cm³/mol. The van der Waals surface area contributed by atoms with Gasteiger partial charge in [0.15, 0.2) is 0 Å². The van der Waals surface area contributed by atoms with Crippen molar-refractivity contribution in [2.24, 2.45) is 40.9 Å². The van der Waals surface area contributed by atoms with Gasteiger partial charge in [-0.1, -0.05) is 98.5 Å². The summed E-state index contributed by atoms with van der Waals surface area (Å²) in [5, 5.41) is 0. The lowest BCUT2D eigenvalue weighted by molar-refractivity contribution is 0.0991. The van der Waals surface area contributed by atoms with Crippen LogP contribution in [0, 0.1) is 54.8 Å². The van der Waals surface area contributed by atoms with Gasteiger partial charge < -0.3 is 0 Å². The third kappa shape index (κ3) is 3.69. The molecule has 37 heavy (non-hydrogen) atoms. The molecule has 0 saturated heterocycles. The standard InChI is InChI=1S/C37H44/c1-21-14-22(2)31(20-29-16-25-10-12-27(29)13-11-25)34(15-21)30-9-7-8-28-17-26(19-33(28)30)18-32-23(3)35-36(24(32)4)37(35,5)6/h7-9,14-15,17,25,27,29,32,35-36H,3-4,10-13,16,18-20H2,1-2,5-6H3. The molecule has 0 nitrogen and oxygen atoms in total. The first-order valence-electron chi connectivity index (χ1n) is 15.0. The molecule has 3 unspecified atom stereocenters. The number of rotatable bonds is 5. The Kier molecular flexibility index (Phi) is 5.35. The monoisotopic (exact) mass is 488 g/mol. The van der Waals surface area contributed by atoms with Crippen molar-refractivity contribution in [3.8, 4) is 11.1 Å². The van der Waals surface area contributed by atoms with Crippen molar-refractivity contribution < 1.29 is 0 Å². The zero-order chi connectivity index (χ0) is 25.6. The molecule has 2 aromatic carbocycles. The summed E-state index contributed by atoms with van der Waals surface area (Å²) >= 11 is 0. The zero-order valence-corrected chi connectivity index (χ0v) is 23.5. The van der Waals surface area contributed by atoms with E-state index in [1.165, 1.54) is 77.5 Å². The third-order valence-electron chi connectivity index (χ3n) is 11.5. The summed E-state index contributed by atoms with van der Waals surface area (Å²) in [6, 6.07) is 12.0. The molecule has 0 radical (unpaired) electrons. The van der Waals surface area contributed by atoms with E-state index in [2.05, 4.69) is 77.3 Å². The second-order valence-electron chi connectivity index (χ2n) is 14.1. The summed E-state index contributed by atoms with van der Waals surface area (Å²) < 4.78 is 0. The molecule has 0 amide bonds. The minimum absolute atomic E-state index is 0.391. The van der Waals surface area contributed by atoms with Crippen LogP contribution in [0.25, 0.3) is 17.2 Å². The van der Waals surface area contributed by atoms with Gasteiger partial charge in [-0.25, -0.2) is 0 Å². The Hall–Kier alpha value is -2.34. The molecule has 5 saturated carbocycles. The van der Waals surface area contributed by atoms with Gasteiger partial charge >= 0.3 is 0 Å². The van der Waals surface area contributed by atoms with Crippen LogP contribution in [0.3, 0.4) is 0 Å². The van der Waals surface area contributed by atoms with Crippen molar-refractivity contribution in [1.82, 2.24) is 0 Å². The van der Waals surface area contributed by atoms with Crippen LogP contribution < -0.4 is 0 Å². The summed E-state index contributed by atoms with van der Waals surface area (Å²) in [4.78, 5) is 0. The first-order chi connectivity index (χ1) is 17.7. The average Bonchev–Trinajstić information content (AvgIpc) is 3.11. The molecule has 0 aliphatic heterocycles. The zero-order valence-electron chi connectivity index (χ0n) is 23.5. The molecular weight excluding hydrogens is 444 g/mol. The van der Waals surface area contributed by atoms with E-state index in [4.69, 9.17) is 0 Å². The number of hydrogen-bond donors (Lipinski definition) is 0. The van der Waals surface area contributed by atoms with Gasteiger partial charge in [0.1, 0.15) is 0 Å². The van der Waals surface area contributed by atoms with E-state index >= 15 is 0 Å². The molecule has 8 rings (SSSR count). The van der Waals surface area contributed by atoms with E-state index < -0.39 is 0 Å². The van der Waals surface area contributed by atoms with Crippen molar-refractivity contribution in [2.45, 2.75) is 79.1 Å². The van der Waals surface area contributed by atoms with Crippen LogP contribution in [0.5, 0.6) is 0 Å². The third-order valence-corrected chi connectivity index (χ3v) is 11.5. The smallest absolute Gasteiger partial charge is 0.00454 e. The topological polar surface area (TPSA) is 0 Å². The number of allylic oxidation sites excluding steroid dienone is 3. The van der Waals surface area contributed by atoms with Crippen molar-refractivity contribution >= 4 is 6.08 Å². The van der Waals surface area contributed by atoms with Crippen molar-refractivity contribution in [3.05, 3.63) is 88.0 Å². The van der Waals surface area contributed by atoms with Crippen molar-refractivity contribution in [1.29, 1.82) is 0 Å². The fourth-order valence-electron chi connectivity index (χ4n) is 9.57. The molecule has 6 aliphatic rings. The van der Waals surface area contributed by atoms with Crippen LogP contribution in [0.2, 0.25) is 0 Å². The van der Waals surface area contributed by atoms with Crippen LogP contribution in [0.15, 0.2) is 60.2 Å². The highest BCUT2D eigenvalue weighted by Gasteiger charge is 2.65. The molecule has 192 valence electrons. The van der Waals surface area contributed by atoms with Gasteiger partial charge in [0, 0.05) is 5.92 Å². The van der Waals surface area contributed by atoms with Crippen LogP contribution >= 0.6 is 0 Å². The SMILES string of the molecule is C=C1C(CC2=Cc3cccc(-c4cc(C)cc(C)c4CC4CC5CCC4CC5)c3C2)C(=C)C2C1C2(C)C. The van der Waals surface area contributed by atoms with E-state index in [9.17, 15) is 0 Å². The Balaban J connectivity index is 1.17. The molecule has 0 aromatic heterocycles. The Morgan fingerprint density at radius 1 is 0.892 bits per heavy atom. The van der Waals surface area contributed by atoms with Crippen LogP contribution in [-0.2, 0) is 12.8 Å². The summed E-state index contributed by atoms with van der Waals surface area (Å²) in [5.74, 6) is 4.64. The van der Waals surface area contributed by atoms with Crippen molar-refractivity contribution in [3.63, 3.8) is 0 Å². The maximum absolute atomic E-state index is 4.58. The number of benzene rings is 2. The van der Waals surface area contributed by atoms with E-state index in [-0.39, 0.29) is 0 Å². The van der Waals surface area contributed by atoms with Gasteiger partial charge in [-0.05, 0) is 121 Å². The van der Waals surface area contributed by atoms with Gasteiger partial charge in [-0.3, -0.25) is 0 Å². The lowest BCUT2D eigenvalue weighted by atomic mass is 9.63. The fraction of sp³-hybridized carbons (Fsp3) is 0.514. The lowest BCUT2D eigenvalue weighted by Gasteiger charge is -2.43. The minimum atomic E-state index is 0.391. The molecule has 2 bridgehead atoms. The Morgan fingerprint density at radius 2 is 1.62 bits per heavy atom. The van der Waals surface area contributed by atoms with Crippen LogP contribution in [-0.4, -0.2) is 0 Å². The fourth-order valence-corrected chi connectivity index (χ4v) is 9.57. The second-order valence-corrected chi connectivity index (χ2v) is 14.1. The lowest BCUT2D eigenvalue weighted by Crippen LogP contribution is -2.32. The molecule has 0 N–H and O–H groups in total. The van der Waals surface area contributed by atoms with E-state index in [0.29, 0.717) is 23.2 Å². The Bertz CT molecular complexity index is 1310. The number of hydrogen-bond acceptors (Lipinski definition) is 0. The highest BCUT2D eigenvalue weighted by molar-refractivity contribution is 5.80. The molecule has 0 heteroatoms. The van der Waals surface area contributed by atoms with Gasteiger partial charge in [0.2, 0.25) is 0 Å². The summed E-state index contributed by atoms with van der Waals surface area (Å²) in [5.41, 5.74) is 15.4. The highest BCUT2D eigenvalue weighted by atomic mass is 14.7. The van der Waals surface area contributed by atoms with Gasteiger partial charge in [-0.2, -0.15) is 0 Å². The maximum Gasteiger partial charge on any atom is 0.00454 e. The maximum atomic E-state index is 4.58. The average molecular weight is 489 g/mol. The molecule has 0 spiro atoms. The molecule has 6 aliphatic carbocycles. The van der Waals surface area contributed by atoms with Crippen LogP contribution in [0.4, 0.5) is 0 Å². The molecule has 2 aromatic rings. The molecule has 5 fully saturated rings. The highest BCUT2D eigenvalue weighted by Crippen LogP contribution is 2.72.